The van der Waals surface area contributed by atoms with Crippen molar-refractivity contribution in [2.45, 2.75) is 0 Å². The zero-order valence-electron chi connectivity index (χ0n) is 11.8. The maximum absolute atomic E-state index is 8.89. The summed E-state index contributed by atoms with van der Waals surface area (Å²) in [6, 6.07) is 0. The third-order valence-corrected chi connectivity index (χ3v) is 0. The molecule has 0 aliphatic rings. The van der Waals surface area contributed by atoms with Gasteiger partial charge in [-0.25, -0.2) is 0 Å². The number of rotatable bonds is 0. The first-order valence-electron chi connectivity index (χ1n) is 3.13. The molecule has 0 atom stereocenters. The Hall–Kier alpha value is -1.20. The molecule has 0 fully saturated rings. The number of hydrogen-bond donors (Lipinski definition) is 4. The Balaban J connectivity index is -0.0000000121. The molecule has 0 amide bonds. The van der Waals surface area contributed by atoms with E-state index in [9.17, 15) is 0 Å². The van der Waals surface area contributed by atoms with Crippen molar-refractivity contribution in [3.8, 4) is 0 Å². The van der Waals surface area contributed by atoms with E-state index in [4.69, 9.17) is 39.6 Å². The van der Waals surface area contributed by atoms with Crippen LogP contribution in [0.2, 0.25) is 0 Å². The van der Waals surface area contributed by atoms with Crippen LogP contribution in [0.1, 0.15) is 1.43 Å². The largest absolute Gasteiger partial charge is 6.00 e. The van der Waals surface area contributed by atoms with Crippen LogP contribution in [-0.2, 0) is 36.2 Å². The molecule has 0 unspecified atom stereocenters. The van der Waals surface area contributed by atoms with Crippen molar-refractivity contribution in [1.29, 1.82) is 0 Å². The second-order valence-electron chi connectivity index (χ2n) is 1.57. The molecule has 0 saturated heterocycles. The van der Waals surface area contributed by atoms with Gasteiger partial charge in [-0.1, -0.05) is 0 Å². The molecule has 0 bridgehead atoms. The van der Waals surface area contributed by atoms with Crippen molar-refractivity contribution >= 4 is 23.9 Å². The number of nitrogens with two attached hydrogens (primary N) is 2. The fourth-order valence-corrected chi connectivity index (χ4v) is 0. The molecule has 20 heavy (non-hydrogen) atoms. The Bertz CT molecular complexity index is 182. The van der Waals surface area contributed by atoms with Gasteiger partial charge in [0.25, 0.3) is 0 Å². The van der Waals surface area contributed by atoms with Gasteiger partial charge in [0.1, 0.15) is 0 Å². The zero-order valence-corrected chi connectivity index (χ0v) is 13.9. The van der Waals surface area contributed by atoms with Crippen molar-refractivity contribution in [3.63, 3.8) is 0 Å². The molecule has 0 aliphatic heterocycles. The van der Waals surface area contributed by atoms with Gasteiger partial charge in [-0.15, -0.1) is 0 Å². The molecule has 0 rings (SSSR count). The summed E-state index contributed by atoms with van der Waals surface area (Å²) < 4.78 is 0. The molecule has 0 aromatic rings. The normalized spacial score (nSPS) is 4.80. The number of carboxylic acids is 4. The molecule has 0 aromatic heterocycles. The monoisotopic (exact) mass is 348 g/mol. The summed E-state index contributed by atoms with van der Waals surface area (Å²) in [6.45, 7) is 10.2. The van der Waals surface area contributed by atoms with E-state index in [2.05, 4.69) is 27.7 Å². The van der Waals surface area contributed by atoms with Crippen LogP contribution in [0.3, 0.4) is 0 Å². The summed E-state index contributed by atoms with van der Waals surface area (Å²) in [6.07, 6.45) is 0. The van der Waals surface area contributed by atoms with Gasteiger partial charge in [0.15, 0.2) is 23.9 Å². The molecule has 0 heterocycles. The van der Waals surface area contributed by atoms with Crippen LogP contribution < -0.4 is 29.6 Å². The minimum absolute atomic E-state index is 0. The van der Waals surface area contributed by atoms with E-state index in [-0.39, 0.29) is 60.4 Å². The fraction of sp³-hybridized carbons (Fsp3) is 0. The zero-order chi connectivity index (χ0) is 14.3. The van der Waals surface area contributed by atoms with Gasteiger partial charge in [0.2, 0.25) is 0 Å². The summed E-state index contributed by atoms with van der Waals surface area (Å²) in [5.41, 5.74) is 0. The number of hydrogen-bond acceptors (Lipinski definition) is 4. The molecule has 0 saturated carbocycles. The second-order valence-corrected chi connectivity index (χ2v) is 1.57. The smallest absolute Gasteiger partial charge is 1.00 e. The van der Waals surface area contributed by atoms with E-state index in [0.29, 0.717) is 0 Å². The number of carbonyl (C=O) groups is 4. The van der Waals surface area contributed by atoms with Crippen LogP contribution in [0.15, 0.2) is 0 Å². The van der Waals surface area contributed by atoms with Gasteiger partial charge >= 0.3 is 46.6 Å². The minimum atomic E-state index is -1.08. The van der Waals surface area contributed by atoms with Gasteiger partial charge in [-0.3, -0.25) is 46.9 Å². The molecule has 0 aliphatic carbocycles. The van der Waals surface area contributed by atoms with Crippen molar-refractivity contribution in [2.75, 3.05) is 0 Å². The van der Waals surface area contributed by atoms with Crippen molar-refractivity contribution in [2.24, 2.45) is 0 Å². The Morgan fingerprint density at radius 3 is 0.600 bits per heavy atom. The van der Waals surface area contributed by atoms with Crippen LogP contribution in [-0.4, -0.2) is 44.3 Å². The number of aliphatic carboxylic acids is 4. The third-order valence-electron chi connectivity index (χ3n) is 0. The van der Waals surface area contributed by atoms with Crippen molar-refractivity contribution < 1.29 is 87.7 Å². The molecule has 8 N–H and O–H groups in total. The summed E-state index contributed by atoms with van der Waals surface area (Å²) >= 11 is 0. The van der Waals surface area contributed by atoms with Gasteiger partial charge in [0.05, 0.1) is 0 Å². The molecular weight excluding hydrogens is 331 g/mol. The Kier molecular flexibility index (Phi) is 110. The fourth-order valence-electron chi connectivity index (χ4n) is 0. The van der Waals surface area contributed by atoms with E-state index in [1.54, 1.807) is 0 Å². The minimum Gasteiger partial charge on any atom is -1.00 e. The quantitative estimate of drug-likeness (QED) is 0.287. The Morgan fingerprint density at radius 2 is 0.600 bits per heavy atom. The first kappa shape index (κ1) is 51.1. The Morgan fingerprint density at radius 1 is 0.600 bits per heavy atom. The summed E-state index contributed by atoms with van der Waals surface area (Å²) in [5, 5.41) is 29.2. The van der Waals surface area contributed by atoms with Gasteiger partial charge in [-0.05, 0) is 0 Å². The van der Waals surface area contributed by atoms with Crippen molar-refractivity contribution in [1.82, 2.24) is 0 Å². The molecular formula is C8H17FeN2NaO8. The van der Waals surface area contributed by atoms with Crippen molar-refractivity contribution in [3.05, 3.63) is 40.0 Å². The van der Waals surface area contributed by atoms with Crippen LogP contribution >= 0.6 is 0 Å². The van der Waals surface area contributed by atoms with Crippen LogP contribution in [0.25, 0.3) is 12.3 Å². The van der Waals surface area contributed by atoms with Gasteiger partial charge in [-0.2, -0.15) is 0 Å². The third kappa shape index (κ3) is 2910. The average Bonchev–Trinajstić information content (AvgIpc) is 1.76. The van der Waals surface area contributed by atoms with Crippen LogP contribution in [0, 0.1) is 27.7 Å². The second kappa shape index (κ2) is 43.1. The summed E-state index contributed by atoms with van der Waals surface area (Å²) in [4.78, 5) is 35.6. The number of carboxylic acid groups (broad SMARTS) is 4. The standard InChI is InChI=1S/4C2H3O2.Fe.2H2N.Na.H/c4*1-2(3)4;;;;;/h4*1H2,(H,3,4);;2*1H2;;/q4*-1;+6;2*-1;+1;-1. The summed E-state index contributed by atoms with van der Waals surface area (Å²) in [7, 11) is 0. The SMILES string of the molecule is [CH2-]C(=O)O.[CH2-]C(=O)O.[CH2-]C(=O)O.[CH2-]C(=O)O.[Fe+6].[H-].[NH2-].[NH2-].[Na+]. The Labute approximate surface area is 151 Å². The molecule has 10 nitrogen and oxygen atoms in total. The van der Waals surface area contributed by atoms with Gasteiger partial charge in [0, 0.05) is 0 Å². The van der Waals surface area contributed by atoms with E-state index >= 15 is 0 Å². The molecule has 0 radical (unpaired) electrons. The van der Waals surface area contributed by atoms with E-state index in [1.165, 1.54) is 0 Å². The van der Waals surface area contributed by atoms with E-state index in [0.717, 1.165) is 0 Å². The van der Waals surface area contributed by atoms with E-state index in [1.807, 2.05) is 0 Å². The van der Waals surface area contributed by atoms with Crippen LogP contribution in [0.4, 0.5) is 0 Å². The molecule has 12 heteroatoms. The maximum Gasteiger partial charge on any atom is 6.00 e. The summed E-state index contributed by atoms with van der Waals surface area (Å²) in [5.74, 6) is -4.33. The topological polar surface area (TPSA) is 216 Å². The van der Waals surface area contributed by atoms with E-state index < -0.39 is 23.9 Å². The molecule has 116 valence electrons. The predicted molar refractivity (Wildman–Crippen MR) is 63.7 cm³/mol. The predicted octanol–water partition coefficient (Wildman–Crippen LogP) is -1.83. The molecule has 0 aromatic carbocycles. The average molecular weight is 348 g/mol. The first-order chi connectivity index (χ1) is 6.93. The molecule has 0 spiro atoms. The van der Waals surface area contributed by atoms with Crippen LogP contribution in [0.5, 0.6) is 0 Å². The first-order valence-corrected chi connectivity index (χ1v) is 3.13. The van der Waals surface area contributed by atoms with Gasteiger partial charge < -0.3 is 34.2 Å². The maximum atomic E-state index is 8.89.